The number of urea groups is 1. The van der Waals surface area contributed by atoms with Crippen LogP contribution < -0.4 is 10.6 Å². The van der Waals surface area contributed by atoms with Crippen LogP contribution in [0.4, 0.5) is 9.80 Å². The van der Waals surface area contributed by atoms with Crippen molar-refractivity contribution in [2.45, 2.75) is 6.04 Å². The summed E-state index contributed by atoms with van der Waals surface area (Å²) in [5, 5.41) is 8.39. The Bertz CT molecular complexity index is 480. The largest absolute Gasteiger partial charge is 0.382 e. The fourth-order valence-electron chi connectivity index (χ4n) is 1.84. The van der Waals surface area contributed by atoms with E-state index in [1.165, 1.54) is 23.3 Å². The molecule has 0 radical (unpaired) electrons. The van der Waals surface area contributed by atoms with Crippen LogP contribution in [0.5, 0.6) is 0 Å². The summed E-state index contributed by atoms with van der Waals surface area (Å²) >= 11 is 7.13. The maximum atomic E-state index is 12.2. The lowest BCUT2D eigenvalue weighted by Gasteiger charge is -2.34. The van der Waals surface area contributed by atoms with Gasteiger partial charge in [0.1, 0.15) is 6.04 Å². The molecule has 1 aliphatic heterocycles. The third-order valence-corrected chi connectivity index (χ3v) is 3.91. The maximum absolute atomic E-state index is 12.2. The molecule has 2 rings (SSSR count). The van der Waals surface area contributed by atoms with Crippen molar-refractivity contribution in [1.29, 1.82) is 0 Å². The Morgan fingerprint density at radius 2 is 2.53 bits per heavy atom. The zero-order valence-electron chi connectivity index (χ0n) is 10.3. The van der Waals surface area contributed by atoms with Gasteiger partial charge >= 0.3 is 6.03 Å². The molecule has 1 fully saturated rings. The van der Waals surface area contributed by atoms with Crippen LogP contribution in [0, 0.1) is 0 Å². The van der Waals surface area contributed by atoms with Gasteiger partial charge in [0.2, 0.25) is 5.91 Å². The third kappa shape index (κ3) is 3.37. The van der Waals surface area contributed by atoms with Gasteiger partial charge in [0, 0.05) is 25.6 Å². The molecule has 1 saturated heterocycles. The first-order valence-electron chi connectivity index (χ1n) is 5.70. The van der Waals surface area contributed by atoms with Crippen LogP contribution in [-0.4, -0.2) is 49.7 Å². The van der Waals surface area contributed by atoms with E-state index in [1.807, 2.05) is 0 Å². The van der Waals surface area contributed by atoms with Gasteiger partial charge in [-0.2, -0.15) is 0 Å². The summed E-state index contributed by atoms with van der Waals surface area (Å²) in [6.07, 6.45) is 0. The van der Waals surface area contributed by atoms with Gasteiger partial charge in [-0.3, -0.25) is 10.1 Å². The van der Waals surface area contributed by atoms with Gasteiger partial charge < -0.3 is 15.0 Å². The normalized spacial score (nSPS) is 19.2. The molecule has 3 amide bonds. The number of carbonyl (C=O) groups is 2. The lowest BCUT2D eigenvalue weighted by atomic mass is 10.2. The Hall–Kier alpha value is -1.31. The highest BCUT2D eigenvalue weighted by Crippen LogP contribution is 2.24. The van der Waals surface area contributed by atoms with E-state index >= 15 is 0 Å². The number of rotatable bonds is 3. The number of anilines is 1. The number of nitrogens with zero attached hydrogens (tertiary/aromatic N) is 1. The molecule has 0 spiro atoms. The smallest absolute Gasteiger partial charge is 0.323 e. The average molecular weight is 304 g/mol. The van der Waals surface area contributed by atoms with Crippen LogP contribution in [-0.2, 0) is 9.53 Å². The van der Waals surface area contributed by atoms with Crippen LogP contribution in [0.2, 0.25) is 5.02 Å². The molecule has 19 heavy (non-hydrogen) atoms. The van der Waals surface area contributed by atoms with Gasteiger partial charge in [0.05, 0.1) is 16.6 Å². The molecule has 1 aromatic rings. The molecule has 1 aliphatic rings. The summed E-state index contributed by atoms with van der Waals surface area (Å²) in [6.45, 7) is 1.06. The first-order chi connectivity index (χ1) is 9.11. The van der Waals surface area contributed by atoms with Crippen molar-refractivity contribution >= 4 is 39.9 Å². The van der Waals surface area contributed by atoms with Gasteiger partial charge in [-0.05, 0) is 6.07 Å². The third-order valence-electron chi connectivity index (χ3n) is 2.71. The van der Waals surface area contributed by atoms with E-state index in [9.17, 15) is 9.59 Å². The number of thiophene rings is 1. The lowest BCUT2D eigenvalue weighted by molar-refractivity contribution is -0.129. The average Bonchev–Trinajstić information content (AvgIpc) is 2.77. The molecule has 104 valence electrons. The summed E-state index contributed by atoms with van der Waals surface area (Å²) in [4.78, 5) is 25.3. The minimum atomic E-state index is -0.603. The van der Waals surface area contributed by atoms with E-state index in [0.29, 0.717) is 23.1 Å². The van der Waals surface area contributed by atoms with Crippen LogP contribution >= 0.6 is 22.9 Å². The predicted octanol–water partition coefficient (Wildman–Crippen LogP) is 1.38. The van der Waals surface area contributed by atoms with Gasteiger partial charge in [0.25, 0.3) is 0 Å². The molecule has 0 aliphatic carbocycles. The Kier molecular flexibility index (Phi) is 4.62. The number of ether oxygens (including phenoxy) is 1. The molecular formula is C11H14ClN3O3S. The predicted molar refractivity (Wildman–Crippen MR) is 73.7 cm³/mol. The Morgan fingerprint density at radius 3 is 3.16 bits per heavy atom. The van der Waals surface area contributed by atoms with Crippen molar-refractivity contribution in [2.75, 3.05) is 32.1 Å². The van der Waals surface area contributed by atoms with E-state index < -0.39 is 6.04 Å². The van der Waals surface area contributed by atoms with Crippen LogP contribution in [0.25, 0.3) is 0 Å². The molecule has 6 nitrogen and oxygen atoms in total. The van der Waals surface area contributed by atoms with Crippen molar-refractivity contribution in [2.24, 2.45) is 0 Å². The number of carbonyl (C=O) groups excluding carboxylic acids is 2. The SMILES string of the molecule is COCC1C(=O)NCCN1C(=O)Nc1cc(Cl)cs1. The van der Waals surface area contributed by atoms with Crippen molar-refractivity contribution in [3.63, 3.8) is 0 Å². The number of nitrogens with one attached hydrogen (secondary N) is 2. The highest BCUT2D eigenvalue weighted by Gasteiger charge is 2.33. The maximum Gasteiger partial charge on any atom is 0.323 e. The first kappa shape index (κ1) is 14.1. The number of hydrogen-bond donors (Lipinski definition) is 2. The summed E-state index contributed by atoms with van der Waals surface area (Å²) in [5.74, 6) is -0.201. The summed E-state index contributed by atoms with van der Waals surface area (Å²) < 4.78 is 4.99. The van der Waals surface area contributed by atoms with E-state index in [1.54, 1.807) is 11.4 Å². The first-order valence-corrected chi connectivity index (χ1v) is 6.96. The van der Waals surface area contributed by atoms with Gasteiger partial charge in [0.15, 0.2) is 0 Å². The highest BCUT2D eigenvalue weighted by atomic mass is 35.5. The standard InChI is InChI=1S/C11H14ClN3O3S/c1-18-5-8-10(16)13-2-3-15(8)11(17)14-9-4-7(12)6-19-9/h4,6,8H,2-3,5H2,1H3,(H,13,16)(H,14,17). The van der Waals surface area contributed by atoms with Gasteiger partial charge in [-0.1, -0.05) is 11.6 Å². The molecule has 1 unspecified atom stereocenters. The van der Waals surface area contributed by atoms with E-state index in [0.717, 1.165) is 0 Å². The second-order valence-electron chi connectivity index (χ2n) is 4.01. The Labute approximate surface area is 119 Å². The number of halogens is 1. The van der Waals surface area contributed by atoms with Crippen LogP contribution in [0.15, 0.2) is 11.4 Å². The Balaban J connectivity index is 2.05. The second-order valence-corrected chi connectivity index (χ2v) is 5.36. The number of methoxy groups -OCH3 is 1. The minimum Gasteiger partial charge on any atom is -0.382 e. The molecule has 1 aromatic heterocycles. The summed E-state index contributed by atoms with van der Waals surface area (Å²) in [7, 11) is 1.50. The number of piperazine rings is 1. The second kappa shape index (κ2) is 6.23. The van der Waals surface area contributed by atoms with Crippen molar-refractivity contribution in [3.05, 3.63) is 16.5 Å². The molecule has 2 N–H and O–H groups in total. The van der Waals surface area contributed by atoms with Crippen molar-refractivity contribution < 1.29 is 14.3 Å². The van der Waals surface area contributed by atoms with E-state index in [-0.39, 0.29) is 18.5 Å². The fraction of sp³-hybridized carbons (Fsp3) is 0.455. The quantitative estimate of drug-likeness (QED) is 0.886. The van der Waals surface area contributed by atoms with Crippen LogP contribution in [0.3, 0.4) is 0 Å². The zero-order valence-corrected chi connectivity index (χ0v) is 11.9. The molecule has 0 bridgehead atoms. The number of hydrogen-bond acceptors (Lipinski definition) is 4. The molecule has 0 aromatic carbocycles. The van der Waals surface area contributed by atoms with Gasteiger partial charge in [-0.25, -0.2) is 4.79 Å². The van der Waals surface area contributed by atoms with Crippen molar-refractivity contribution in [3.8, 4) is 0 Å². The highest BCUT2D eigenvalue weighted by molar-refractivity contribution is 7.14. The molecule has 0 saturated carbocycles. The Morgan fingerprint density at radius 1 is 1.74 bits per heavy atom. The summed E-state index contributed by atoms with van der Waals surface area (Å²) in [5.41, 5.74) is 0. The van der Waals surface area contributed by atoms with Crippen LogP contribution in [0.1, 0.15) is 0 Å². The lowest BCUT2D eigenvalue weighted by Crippen LogP contribution is -2.59. The molecule has 2 heterocycles. The minimum absolute atomic E-state index is 0.171. The fourth-order valence-corrected chi connectivity index (χ4v) is 2.79. The molecular weight excluding hydrogens is 290 g/mol. The molecule has 1 atom stereocenters. The van der Waals surface area contributed by atoms with Crippen molar-refractivity contribution in [1.82, 2.24) is 10.2 Å². The monoisotopic (exact) mass is 303 g/mol. The topological polar surface area (TPSA) is 70.7 Å². The molecule has 8 heteroatoms. The van der Waals surface area contributed by atoms with Gasteiger partial charge in [-0.15, -0.1) is 11.3 Å². The van der Waals surface area contributed by atoms with E-state index in [2.05, 4.69) is 10.6 Å². The zero-order chi connectivity index (χ0) is 13.8. The number of amides is 3. The summed E-state index contributed by atoms with van der Waals surface area (Å²) in [6, 6.07) is 0.740. The van der Waals surface area contributed by atoms with E-state index in [4.69, 9.17) is 16.3 Å².